The standard InChI is InChI=1S/C27H30N2O5S2/c1-3-28-27(31)29-22-10-12-23(13-11-22)35-24-14-16-25(17-15-24)36(32,33)19-21(18-26(30)34-4-2)20-8-6-5-7-9-20/h5-17,21H,3-4,18-19H2,1-2H3,(H2,28,29,31). The van der Waals surface area contributed by atoms with E-state index in [4.69, 9.17) is 4.74 Å². The molecular formula is C27H30N2O5S2. The van der Waals surface area contributed by atoms with Crippen LogP contribution in [0.1, 0.15) is 31.7 Å². The van der Waals surface area contributed by atoms with Gasteiger partial charge in [0.1, 0.15) is 0 Å². The summed E-state index contributed by atoms with van der Waals surface area (Å²) in [6.07, 6.45) is -0.00399. The topological polar surface area (TPSA) is 102 Å². The Morgan fingerprint density at radius 3 is 2.08 bits per heavy atom. The first kappa shape index (κ1) is 27.3. The summed E-state index contributed by atoms with van der Waals surface area (Å²) in [7, 11) is -3.64. The van der Waals surface area contributed by atoms with E-state index in [1.54, 1.807) is 31.2 Å². The molecule has 36 heavy (non-hydrogen) atoms. The fraction of sp³-hybridized carbons (Fsp3) is 0.259. The average molecular weight is 527 g/mol. The molecule has 0 aliphatic carbocycles. The summed E-state index contributed by atoms with van der Waals surface area (Å²) in [6.45, 7) is 4.37. The number of carbonyl (C=O) groups excluding carboxylic acids is 2. The Morgan fingerprint density at radius 1 is 0.889 bits per heavy atom. The van der Waals surface area contributed by atoms with Gasteiger partial charge < -0.3 is 15.4 Å². The molecule has 2 amide bonds. The van der Waals surface area contributed by atoms with Crippen molar-refractivity contribution in [1.82, 2.24) is 5.32 Å². The van der Waals surface area contributed by atoms with E-state index < -0.39 is 21.7 Å². The summed E-state index contributed by atoms with van der Waals surface area (Å²) in [4.78, 5) is 25.8. The Bertz CT molecular complexity index is 1250. The van der Waals surface area contributed by atoms with E-state index in [1.807, 2.05) is 61.5 Å². The minimum absolute atomic E-state index is 0.00399. The fourth-order valence-corrected chi connectivity index (χ4v) is 5.97. The van der Waals surface area contributed by atoms with E-state index in [1.165, 1.54) is 11.8 Å². The van der Waals surface area contributed by atoms with Crippen LogP contribution in [0.5, 0.6) is 0 Å². The summed E-state index contributed by atoms with van der Waals surface area (Å²) in [5.74, 6) is -1.11. The number of benzene rings is 3. The van der Waals surface area contributed by atoms with Crippen LogP contribution in [0.25, 0.3) is 0 Å². The van der Waals surface area contributed by atoms with Crippen LogP contribution >= 0.6 is 11.8 Å². The van der Waals surface area contributed by atoms with Gasteiger partial charge in [0.15, 0.2) is 9.84 Å². The monoisotopic (exact) mass is 526 g/mol. The second kappa shape index (κ2) is 13.1. The SMILES string of the molecule is CCNC(=O)Nc1ccc(Sc2ccc(S(=O)(=O)CC(CC(=O)OCC)c3ccccc3)cc2)cc1. The normalized spacial score (nSPS) is 11.9. The summed E-state index contributed by atoms with van der Waals surface area (Å²) >= 11 is 1.49. The number of amides is 2. The van der Waals surface area contributed by atoms with Gasteiger partial charge in [-0.05, 0) is 67.9 Å². The smallest absolute Gasteiger partial charge is 0.319 e. The summed E-state index contributed by atoms with van der Waals surface area (Å²) in [5, 5.41) is 5.42. The van der Waals surface area contributed by atoms with Gasteiger partial charge >= 0.3 is 12.0 Å². The van der Waals surface area contributed by atoms with Crippen molar-refractivity contribution in [3.63, 3.8) is 0 Å². The van der Waals surface area contributed by atoms with Crippen LogP contribution in [0, 0.1) is 0 Å². The van der Waals surface area contributed by atoms with Crippen molar-refractivity contribution < 1.29 is 22.7 Å². The van der Waals surface area contributed by atoms with Crippen LogP contribution < -0.4 is 10.6 Å². The zero-order valence-electron chi connectivity index (χ0n) is 20.3. The molecule has 190 valence electrons. The Balaban J connectivity index is 1.68. The quantitative estimate of drug-likeness (QED) is 0.321. The molecule has 0 fully saturated rings. The number of anilines is 1. The predicted octanol–water partition coefficient (Wildman–Crippen LogP) is 5.49. The van der Waals surface area contributed by atoms with Crippen molar-refractivity contribution in [3.8, 4) is 0 Å². The zero-order valence-corrected chi connectivity index (χ0v) is 21.9. The third-order valence-electron chi connectivity index (χ3n) is 5.28. The van der Waals surface area contributed by atoms with Gasteiger partial charge in [0.2, 0.25) is 0 Å². The van der Waals surface area contributed by atoms with Crippen molar-refractivity contribution >= 4 is 39.3 Å². The number of esters is 1. The Kier molecular flexibility index (Phi) is 9.95. The molecule has 3 aromatic rings. The zero-order chi connectivity index (χ0) is 26.0. The lowest BCUT2D eigenvalue weighted by molar-refractivity contribution is -0.143. The Hall–Kier alpha value is -3.30. The van der Waals surface area contributed by atoms with Gasteiger partial charge in [0.25, 0.3) is 0 Å². The minimum Gasteiger partial charge on any atom is -0.466 e. The van der Waals surface area contributed by atoms with Crippen molar-refractivity contribution in [3.05, 3.63) is 84.4 Å². The van der Waals surface area contributed by atoms with E-state index in [0.29, 0.717) is 12.2 Å². The lowest BCUT2D eigenvalue weighted by atomic mass is 9.98. The highest BCUT2D eigenvalue weighted by Gasteiger charge is 2.25. The summed E-state index contributed by atoms with van der Waals surface area (Å²) < 4.78 is 31.5. The number of ether oxygens (including phenoxy) is 1. The molecule has 7 nitrogen and oxygen atoms in total. The molecule has 1 unspecified atom stereocenters. The Morgan fingerprint density at radius 2 is 1.50 bits per heavy atom. The molecule has 9 heteroatoms. The van der Waals surface area contributed by atoms with Gasteiger partial charge in [0.05, 0.1) is 23.7 Å². The van der Waals surface area contributed by atoms with Crippen LogP contribution in [-0.2, 0) is 19.4 Å². The molecular weight excluding hydrogens is 496 g/mol. The second-order valence-electron chi connectivity index (χ2n) is 7.98. The molecule has 0 aliphatic rings. The molecule has 0 saturated heterocycles. The third kappa shape index (κ3) is 8.13. The molecule has 0 radical (unpaired) electrons. The number of urea groups is 1. The number of hydrogen-bond acceptors (Lipinski definition) is 6. The van der Waals surface area contributed by atoms with E-state index in [-0.39, 0.29) is 29.7 Å². The largest absolute Gasteiger partial charge is 0.466 e. The molecule has 3 aromatic carbocycles. The van der Waals surface area contributed by atoms with Gasteiger partial charge in [-0.25, -0.2) is 13.2 Å². The van der Waals surface area contributed by atoms with E-state index in [0.717, 1.165) is 15.4 Å². The maximum Gasteiger partial charge on any atom is 0.319 e. The highest BCUT2D eigenvalue weighted by atomic mass is 32.2. The van der Waals surface area contributed by atoms with Crippen LogP contribution in [0.4, 0.5) is 10.5 Å². The van der Waals surface area contributed by atoms with E-state index in [9.17, 15) is 18.0 Å². The summed E-state index contributed by atoms with van der Waals surface area (Å²) in [5.41, 5.74) is 1.47. The first-order valence-corrected chi connectivity index (χ1v) is 14.1. The van der Waals surface area contributed by atoms with Crippen LogP contribution in [0.3, 0.4) is 0 Å². The molecule has 0 aromatic heterocycles. The molecule has 0 heterocycles. The number of carbonyl (C=O) groups is 2. The molecule has 2 N–H and O–H groups in total. The molecule has 0 aliphatic heterocycles. The first-order valence-electron chi connectivity index (χ1n) is 11.7. The lowest BCUT2D eigenvalue weighted by Crippen LogP contribution is -2.28. The van der Waals surface area contributed by atoms with E-state index >= 15 is 0 Å². The van der Waals surface area contributed by atoms with Crippen LogP contribution in [0.2, 0.25) is 0 Å². The van der Waals surface area contributed by atoms with Crippen molar-refractivity contribution in [2.24, 2.45) is 0 Å². The highest BCUT2D eigenvalue weighted by Crippen LogP contribution is 2.31. The number of hydrogen-bond donors (Lipinski definition) is 2. The van der Waals surface area contributed by atoms with Crippen LogP contribution in [0.15, 0.2) is 93.5 Å². The third-order valence-corrected chi connectivity index (χ3v) is 8.13. The molecule has 1 atom stereocenters. The van der Waals surface area contributed by atoms with Crippen molar-refractivity contribution in [2.75, 3.05) is 24.2 Å². The number of nitrogens with one attached hydrogen (secondary N) is 2. The minimum atomic E-state index is -3.64. The molecule has 0 bridgehead atoms. The van der Waals surface area contributed by atoms with Crippen molar-refractivity contribution in [2.45, 2.75) is 40.9 Å². The summed E-state index contributed by atoms with van der Waals surface area (Å²) in [6, 6.07) is 23.0. The average Bonchev–Trinajstić information content (AvgIpc) is 2.86. The van der Waals surface area contributed by atoms with Gasteiger partial charge in [-0.3, -0.25) is 4.79 Å². The van der Waals surface area contributed by atoms with Gasteiger partial charge in [-0.2, -0.15) is 0 Å². The first-order chi connectivity index (χ1) is 17.3. The highest BCUT2D eigenvalue weighted by molar-refractivity contribution is 7.99. The maximum absolute atomic E-state index is 13.2. The van der Waals surface area contributed by atoms with E-state index in [2.05, 4.69) is 10.6 Å². The number of rotatable bonds is 11. The Labute approximate surface area is 216 Å². The van der Waals surface area contributed by atoms with Crippen molar-refractivity contribution in [1.29, 1.82) is 0 Å². The molecule has 3 rings (SSSR count). The molecule has 0 saturated carbocycles. The predicted molar refractivity (Wildman–Crippen MR) is 142 cm³/mol. The molecule has 0 spiro atoms. The number of sulfone groups is 1. The lowest BCUT2D eigenvalue weighted by Gasteiger charge is -2.17. The van der Waals surface area contributed by atoms with Gasteiger partial charge in [-0.1, -0.05) is 42.1 Å². The van der Waals surface area contributed by atoms with Crippen LogP contribution in [-0.4, -0.2) is 39.3 Å². The fourth-order valence-electron chi connectivity index (χ4n) is 3.57. The van der Waals surface area contributed by atoms with Gasteiger partial charge in [0, 0.05) is 27.9 Å². The maximum atomic E-state index is 13.2. The second-order valence-corrected chi connectivity index (χ2v) is 11.2. The van der Waals surface area contributed by atoms with Gasteiger partial charge in [-0.15, -0.1) is 0 Å².